The van der Waals surface area contributed by atoms with E-state index in [9.17, 15) is 4.79 Å². The number of hydrogen-bond donors (Lipinski definition) is 1. The number of carbonyl (C=O) groups is 1. The molecule has 0 aliphatic rings. The van der Waals surface area contributed by atoms with Crippen LogP contribution in [0.3, 0.4) is 0 Å². The number of fused-ring (bicyclic) bond motifs is 1. The molecule has 2 aromatic rings. The Morgan fingerprint density at radius 3 is 2.53 bits per heavy atom. The first-order valence-corrected chi connectivity index (χ1v) is 6.92. The zero-order valence-corrected chi connectivity index (χ0v) is 12.0. The third-order valence-electron chi connectivity index (χ3n) is 3.18. The number of carbonyl (C=O) groups excluding carboxylic acids is 1. The van der Waals surface area contributed by atoms with E-state index in [2.05, 4.69) is 5.32 Å². The van der Waals surface area contributed by atoms with Gasteiger partial charge in [-0.25, -0.2) is 0 Å². The first-order valence-electron chi connectivity index (χ1n) is 6.39. The average Bonchev–Trinajstić information content (AvgIpc) is 2.37. The Morgan fingerprint density at radius 2 is 1.84 bits per heavy atom. The molecule has 0 aliphatic carbocycles. The normalized spacial score (nSPS) is 11.5. The third kappa shape index (κ3) is 3.48. The standard InChI is InChI=1S/C16H18ClNO/c1-16(2,9-10-17)18-15(19)14-8-7-12-5-3-4-6-13(12)11-14/h3-8,11H,9-10H2,1-2H3,(H,18,19). The van der Waals surface area contributed by atoms with Crippen LogP contribution in [0.2, 0.25) is 0 Å². The molecule has 19 heavy (non-hydrogen) atoms. The molecule has 0 radical (unpaired) electrons. The van der Waals surface area contributed by atoms with Crippen molar-refractivity contribution in [2.45, 2.75) is 25.8 Å². The van der Waals surface area contributed by atoms with Gasteiger partial charge in [-0.3, -0.25) is 4.79 Å². The fourth-order valence-electron chi connectivity index (χ4n) is 2.01. The van der Waals surface area contributed by atoms with Crippen molar-refractivity contribution in [1.82, 2.24) is 5.32 Å². The second-order valence-electron chi connectivity index (χ2n) is 5.34. The first kappa shape index (κ1) is 13.9. The molecule has 2 rings (SSSR count). The minimum Gasteiger partial charge on any atom is -0.347 e. The highest BCUT2D eigenvalue weighted by Gasteiger charge is 2.20. The van der Waals surface area contributed by atoms with E-state index in [1.54, 1.807) is 0 Å². The molecule has 0 unspecified atom stereocenters. The van der Waals surface area contributed by atoms with Gasteiger partial charge in [0.2, 0.25) is 0 Å². The van der Waals surface area contributed by atoms with Crippen molar-refractivity contribution in [3.63, 3.8) is 0 Å². The lowest BCUT2D eigenvalue weighted by molar-refractivity contribution is 0.0912. The summed E-state index contributed by atoms with van der Waals surface area (Å²) >= 11 is 5.74. The molecule has 0 heterocycles. The minimum absolute atomic E-state index is 0.0548. The van der Waals surface area contributed by atoms with E-state index in [0.29, 0.717) is 11.4 Å². The van der Waals surface area contributed by atoms with E-state index in [1.165, 1.54) is 0 Å². The fraction of sp³-hybridized carbons (Fsp3) is 0.312. The van der Waals surface area contributed by atoms with Gasteiger partial charge < -0.3 is 5.32 Å². The van der Waals surface area contributed by atoms with Crippen LogP contribution in [-0.2, 0) is 0 Å². The third-order valence-corrected chi connectivity index (χ3v) is 3.37. The van der Waals surface area contributed by atoms with Gasteiger partial charge in [-0.15, -0.1) is 11.6 Å². The molecular weight excluding hydrogens is 258 g/mol. The number of rotatable bonds is 4. The molecule has 3 heteroatoms. The van der Waals surface area contributed by atoms with Gasteiger partial charge in [-0.05, 0) is 43.2 Å². The van der Waals surface area contributed by atoms with E-state index >= 15 is 0 Å². The van der Waals surface area contributed by atoms with Crippen molar-refractivity contribution >= 4 is 28.3 Å². The van der Waals surface area contributed by atoms with Crippen LogP contribution in [0.1, 0.15) is 30.6 Å². The molecule has 2 nitrogen and oxygen atoms in total. The lowest BCUT2D eigenvalue weighted by Gasteiger charge is -2.25. The van der Waals surface area contributed by atoms with E-state index in [4.69, 9.17) is 11.6 Å². The number of alkyl halides is 1. The van der Waals surface area contributed by atoms with Crippen molar-refractivity contribution in [3.05, 3.63) is 48.0 Å². The summed E-state index contributed by atoms with van der Waals surface area (Å²) in [6.07, 6.45) is 0.744. The van der Waals surface area contributed by atoms with Crippen LogP contribution in [0.5, 0.6) is 0 Å². The molecule has 0 atom stereocenters. The topological polar surface area (TPSA) is 29.1 Å². The van der Waals surface area contributed by atoms with Crippen LogP contribution < -0.4 is 5.32 Å². The summed E-state index contributed by atoms with van der Waals surface area (Å²) in [6.45, 7) is 3.96. The molecule has 0 saturated carbocycles. The van der Waals surface area contributed by atoms with Crippen LogP contribution >= 0.6 is 11.6 Å². The Morgan fingerprint density at radius 1 is 1.16 bits per heavy atom. The van der Waals surface area contributed by atoms with Crippen LogP contribution in [0, 0.1) is 0 Å². The van der Waals surface area contributed by atoms with Gasteiger partial charge in [-0.2, -0.15) is 0 Å². The highest BCUT2D eigenvalue weighted by Crippen LogP contribution is 2.17. The Hall–Kier alpha value is -1.54. The van der Waals surface area contributed by atoms with Crippen molar-refractivity contribution in [1.29, 1.82) is 0 Å². The molecule has 0 aromatic heterocycles. The largest absolute Gasteiger partial charge is 0.347 e. The number of halogens is 1. The quantitative estimate of drug-likeness (QED) is 0.841. The Kier molecular flexibility index (Phi) is 4.11. The fourth-order valence-corrected chi connectivity index (χ4v) is 2.48. The number of hydrogen-bond acceptors (Lipinski definition) is 1. The Balaban J connectivity index is 2.22. The first-order chi connectivity index (χ1) is 9.02. The summed E-state index contributed by atoms with van der Waals surface area (Å²) in [7, 11) is 0. The molecule has 0 spiro atoms. The minimum atomic E-state index is -0.287. The van der Waals surface area contributed by atoms with Gasteiger partial charge in [0.15, 0.2) is 0 Å². The maximum absolute atomic E-state index is 12.2. The molecule has 0 fully saturated rings. The van der Waals surface area contributed by atoms with Crippen molar-refractivity contribution in [3.8, 4) is 0 Å². The second kappa shape index (κ2) is 5.62. The summed E-state index contributed by atoms with van der Waals surface area (Å²) in [5, 5.41) is 5.23. The summed E-state index contributed by atoms with van der Waals surface area (Å²) in [5.41, 5.74) is 0.395. The monoisotopic (exact) mass is 275 g/mol. The van der Waals surface area contributed by atoms with E-state index in [-0.39, 0.29) is 11.4 Å². The summed E-state index contributed by atoms with van der Waals surface area (Å²) in [5.74, 6) is 0.478. The van der Waals surface area contributed by atoms with Gasteiger partial charge in [0.1, 0.15) is 0 Å². The van der Waals surface area contributed by atoms with Gasteiger partial charge in [0.25, 0.3) is 5.91 Å². The predicted octanol–water partition coefficient (Wildman–Crippen LogP) is 3.98. The SMILES string of the molecule is CC(C)(CCCl)NC(=O)c1ccc2ccccc2c1. The number of benzene rings is 2. The smallest absolute Gasteiger partial charge is 0.251 e. The van der Waals surface area contributed by atoms with Gasteiger partial charge in [0.05, 0.1) is 0 Å². The van der Waals surface area contributed by atoms with Crippen LogP contribution in [0.4, 0.5) is 0 Å². The maximum Gasteiger partial charge on any atom is 0.251 e. The summed E-state index contributed by atoms with van der Waals surface area (Å²) < 4.78 is 0. The van der Waals surface area contributed by atoms with E-state index in [1.807, 2.05) is 56.3 Å². The number of nitrogens with one attached hydrogen (secondary N) is 1. The lowest BCUT2D eigenvalue weighted by Crippen LogP contribution is -2.43. The number of amides is 1. The van der Waals surface area contributed by atoms with Crippen LogP contribution in [0.15, 0.2) is 42.5 Å². The molecule has 1 N–H and O–H groups in total. The highest BCUT2D eigenvalue weighted by atomic mass is 35.5. The van der Waals surface area contributed by atoms with Crippen molar-refractivity contribution in [2.75, 3.05) is 5.88 Å². The summed E-state index contributed by atoms with van der Waals surface area (Å²) in [4.78, 5) is 12.2. The second-order valence-corrected chi connectivity index (χ2v) is 5.72. The van der Waals surface area contributed by atoms with Gasteiger partial charge >= 0.3 is 0 Å². The van der Waals surface area contributed by atoms with Gasteiger partial charge in [-0.1, -0.05) is 30.3 Å². The lowest BCUT2D eigenvalue weighted by atomic mass is 10.0. The molecule has 0 aliphatic heterocycles. The molecule has 0 bridgehead atoms. The maximum atomic E-state index is 12.2. The zero-order valence-electron chi connectivity index (χ0n) is 11.2. The average molecular weight is 276 g/mol. The van der Waals surface area contributed by atoms with Gasteiger partial charge in [0, 0.05) is 17.0 Å². The summed E-state index contributed by atoms with van der Waals surface area (Å²) in [6, 6.07) is 13.8. The zero-order chi connectivity index (χ0) is 13.9. The Labute approximate surface area is 118 Å². The van der Waals surface area contributed by atoms with Crippen molar-refractivity contribution < 1.29 is 4.79 Å². The van der Waals surface area contributed by atoms with Crippen LogP contribution in [-0.4, -0.2) is 17.3 Å². The molecule has 1 amide bonds. The van der Waals surface area contributed by atoms with Crippen LogP contribution in [0.25, 0.3) is 10.8 Å². The van der Waals surface area contributed by atoms with Crippen molar-refractivity contribution in [2.24, 2.45) is 0 Å². The van der Waals surface area contributed by atoms with E-state index in [0.717, 1.165) is 17.2 Å². The Bertz CT molecular complexity index is 592. The molecular formula is C16H18ClNO. The molecule has 0 saturated heterocycles. The predicted molar refractivity (Wildman–Crippen MR) is 80.8 cm³/mol. The molecule has 2 aromatic carbocycles. The highest BCUT2D eigenvalue weighted by molar-refractivity contribution is 6.17. The van der Waals surface area contributed by atoms with E-state index < -0.39 is 0 Å². The molecule has 100 valence electrons.